The Bertz CT molecular complexity index is 482. The van der Waals surface area contributed by atoms with E-state index in [0.29, 0.717) is 19.7 Å². The Morgan fingerprint density at radius 2 is 2.05 bits per heavy atom. The average molecular weight is 295 g/mol. The van der Waals surface area contributed by atoms with Gasteiger partial charge in [0.1, 0.15) is 0 Å². The van der Waals surface area contributed by atoms with Gasteiger partial charge in [-0.3, -0.25) is 4.79 Å². The van der Waals surface area contributed by atoms with E-state index in [9.17, 15) is 4.79 Å². The summed E-state index contributed by atoms with van der Waals surface area (Å²) in [5, 5.41) is 7.47. The summed E-state index contributed by atoms with van der Waals surface area (Å²) in [4.78, 5) is 16.6. The van der Waals surface area contributed by atoms with E-state index >= 15 is 0 Å². The molecule has 1 aliphatic heterocycles. The second-order valence-corrected chi connectivity index (χ2v) is 5.31. The van der Waals surface area contributed by atoms with Crippen LogP contribution in [0, 0.1) is 0 Å². The highest BCUT2D eigenvalue weighted by atomic mass is 16.5. The number of hydrogen-bond acceptors (Lipinski definition) is 6. The van der Waals surface area contributed by atoms with Crippen molar-refractivity contribution in [3.63, 3.8) is 0 Å². The Morgan fingerprint density at radius 3 is 2.71 bits per heavy atom. The zero-order valence-corrected chi connectivity index (χ0v) is 12.9. The molecule has 1 aliphatic rings. The molecule has 7 heteroatoms. The number of anilines is 1. The van der Waals surface area contributed by atoms with Crippen LogP contribution in [0.25, 0.3) is 0 Å². The van der Waals surface area contributed by atoms with Crippen LogP contribution < -0.4 is 15.8 Å². The third kappa shape index (κ3) is 4.80. The zero-order chi connectivity index (χ0) is 15.1. The summed E-state index contributed by atoms with van der Waals surface area (Å²) < 4.78 is 6.45. The van der Waals surface area contributed by atoms with E-state index in [4.69, 9.17) is 4.74 Å². The van der Waals surface area contributed by atoms with Crippen molar-refractivity contribution in [2.75, 3.05) is 64.9 Å². The highest BCUT2D eigenvalue weighted by Gasteiger charge is 2.15. The first-order chi connectivity index (χ1) is 10.2. The number of likely N-dealkylation sites (N-methyl/N-ethyl adjacent to an activating group) is 1. The number of methoxy groups -OCH3 is 1. The van der Waals surface area contributed by atoms with Crippen molar-refractivity contribution in [2.45, 2.75) is 6.54 Å². The fourth-order valence-corrected chi connectivity index (χ4v) is 2.31. The molecule has 1 aromatic heterocycles. The molecule has 118 valence electrons. The van der Waals surface area contributed by atoms with E-state index in [0.717, 1.165) is 38.4 Å². The maximum atomic E-state index is 12.1. The predicted octanol–water partition coefficient (Wildman–Crippen LogP) is -0.769. The maximum Gasteiger partial charge on any atom is 0.268 e. The minimum absolute atomic E-state index is 0.0417. The van der Waals surface area contributed by atoms with Crippen LogP contribution in [0.5, 0.6) is 0 Å². The van der Waals surface area contributed by atoms with Crippen LogP contribution in [0.2, 0.25) is 0 Å². The molecule has 0 unspecified atom stereocenters. The zero-order valence-electron chi connectivity index (χ0n) is 12.9. The summed E-state index contributed by atoms with van der Waals surface area (Å²) in [7, 11) is 3.79. The van der Waals surface area contributed by atoms with Crippen LogP contribution in [-0.2, 0) is 11.3 Å². The molecule has 0 aromatic carbocycles. The molecule has 0 bridgehead atoms. The van der Waals surface area contributed by atoms with E-state index in [1.807, 2.05) is 0 Å². The molecule has 2 rings (SSSR count). The molecular weight excluding hydrogens is 270 g/mol. The fourth-order valence-electron chi connectivity index (χ4n) is 2.31. The molecule has 0 saturated carbocycles. The van der Waals surface area contributed by atoms with Gasteiger partial charge in [0.05, 0.1) is 25.0 Å². The van der Waals surface area contributed by atoms with Gasteiger partial charge in [0.25, 0.3) is 5.56 Å². The lowest BCUT2D eigenvalue weighted by molar-refractivity contribution is 0.199. The quantitative estimate of drug-likeness (QED) is 0.667. The molecular formula is C14H25N5O2. The summed E-state index contributed by atoms with van der Waals surface area (Å²) in [5.74, 6) is 0. The Hall–Kier alpha value is -1.44. The number of hydrogen-bond donors (Lipinski definition) is 1. The third-order valence-electron chi connectivity index (χ3n) is 3.71. The van der Waals surface area contributed by atoms with Crippen LogP contribution >= 0.6 is 0 Å². The lowest BCUT2D eigenvalue weighted by atomic mass is 10.3. The van der Waals surface area contributed by atoms with Crippen LogP contribution in [0.15, 0.2) is 17.1 Å². The van der Waals surface area contributed by atoms with Crippen LogP contribution in [0.1, 0.15) is 0 Å². The van der Waals surface area contributed by atoms with Gasteiger partial charge in [-0.2, -0.15) is 5.10 Å². The number of aromatic nitrogens is 2. The van der Waals surface area contributed by atoms with Crippen molar-refractivity contribution in [2.24, 2.45) is 0 Å². The number of rotatable bonds is 7. The van der Waals surface area contributed by atoms with E-state index in [1.165, 1.54) is 4.68 Å². The van der Waals surface area contributed by atoms with Crippen molar-refractivity contribution < 1.29 is 4.74 Å². The average Bonchev–Trinajstić information content (AvgIpc) is 2.49. The van der Waals surface area contributed by atoms with Gasteiger partial charge in [-0.05, 0) is 7.05 Å². The second kappa shape index (κ2) is 8.11. The predicted molar refractivity (Wildman–Crippen MR) is 83.0 cm³/mol. The van der Waals surface area contributed by atoms with E-state index in [1.54, 1.807) is 19.4 Å². The Kier molecular flexibility index (Phi) is 6.16. The molecule has 1 N–H and O–H groups in total. The van der Waals surface area contributed by atoms with Gasteiger partial charge in [0, 0.05) is 52.4 Å². The normalized spacial score (nSPS) is 16.4. The lowest BCUT2D eigenvalue weighted by Crippen LogP contribution is -2.45. The summed E-state index contributed by atoms with van der Waals surface area (Å²) in [6.45, 7) is 6.67. The van der Waals surface area contributed by atoms with Crippen molar-refractivity contribution in [3.8, 4) is 0 Å². The van der Waals surface area contributed by atoms with Crippen molar-refractivity contribution in [1.82, 2.24) is 20.0 Å². The van der Waals surface area contributed by atoms with Gasteiger partial charge in [-0.1, -0.05) is 0 Å². The molecule has 1 fully saturated rings. The molecule has 1 aromatic rings. The molecule has 7 nitrogen and oxygen atoms in total. The summed E-state index contributed by atoms with van der Waals surface area (Å²) in [6, 6.07) is 1.69. The first-order valence-corrected chi connectivity index (χ1v) is 7.41. The first kappa shape index (κ1) is 15.9. The van der Waals surface area contributed by atoms with Crippen LogP contribution in [0.3, 0.4) is 0 Å². The summed E-state index contributed by atoms with van der Waals surface area (Å²) in [6.07, 6.45) is 1.79. The summed E-state index contributed by atoms with van der Waals surface area (Å²) >= 11 is 0. The van der Waals surface area contributed by atoms with Crippen molar-refractivity contribution >= 4 is 5.69 Å². The van der Waals surface area contributed by atoms with E-state index < -0.39 is 0 Å². The van der Waals surface area contributed by atoms with Gasteiger partial charge >= 0.3 is 0 Å². The van der Waals surface area contributed by atoms with Crippen molar-refractivity contribution in [1.29, 1.82) is 0 Å². The van der Waals surface area contributed by atoms with Gasteiger partial charge in [0.15, 0.2) is 0 Å². The smallest absolute Gasteiger partial charge is 0.268 e. The highest BCUT2D eigenvalue weighted by molar-refractivity contribution is 5.43. The highest BCUT2D eigenvalue weighted by Crippen LogP contribution is 2.11. The molecule has 0 aliphatic carbocycles. The minimum atomic E-state index is -0.0417. The van der Waals surface area contributed by atoms with E-state index in [2.05, 4.69) is 27.3 Å². The van der Waals surface area contributed by atoms with Gasteiger partial charge < -0.3 is 19.9 Å². The molecule has 0 radical (unpaired) electrons. The maximum absolute atomic E-state index is 12.1. The molecule has 21 heavy (non-hydrogen) atoms. The van der Waals surface area contributed by atoms with Gasteiger partial charge in [-0.15, -0.1) is 0 Å². The number of nitrogens with one attached hydrogen (secondary N) is 1. The Balaban J connectivity index is 1.87. The van der Waals surface area contributed by atoms with E-state index in [-0.39, 0.29) is 5.56 Å². The fraction of sp³-hybridized carbons (Fsp3) is 0.714. The topological polar surface area (TPSA) is 62.6 Å². The Morgan fingerprint density at radius 1 is 1.29 bits per heavy atom. The minimum Gasteiger partial charge on any atom is -0.383 e. The SMILES string of the molecule is COCCNCCn1ncc(N2CCN(C)CC2)cc1=O. The number of nitrogens with zero attached hydrogens (tertiary/aromatic N) is 4. The largest absolute Gasteiger partial charge is 0.383 e. The molecule has 0 spiro atoms. The van der Waals surface area contributed by atoms with Crippen molar-refractivity contribution in [3.05, 3.63) is 22.6 Å². The van der Waals surface area contributed by atoms with Crippen LogP contribution in [-0.4, -0.2) is 74.7 Å². The molecule has 0 amide bonds. The standard InChI is InChI=1S/C14H25N5O2/c1-17-6-8-18(9-7-17)13-11-14(20)19(16-12-13)5-3-15-4-10-21-2/h11-12,15H,3-10H2,1-2H3. The number of piperazine rings is 1. The van der Waals surface area contributed by atoms with Gasteiger partial charge in [0.2, 0.25) is 0 Å². The van der Waals surface area contributed by atoms with Crippen LogP contribution in [0.4, 0.5) is 5.69 Å². The second-order valence-electron chi connectivity index (χ2n) is 5.31. The molecule has 1 saturated heterocycles. The lowest BCUT2D eigenvalue weighted by Gasteiger charge is -2.33. The molecule has 0 atom stereocenters. The Labute approximate surface area is 125 Å². The first-order valence-electron chi connectivity index (χ1n) is 7.41. The monoisotopic (exact) mass is 295 g/mol. The number of ether oxygens (including phenoxy) is 1. The third-order valence-corrected chi connectivity index (χ3v) is 3.71. The van der Waals surface area contributed by atoms with Gasteiger partial charge in [-0.25, -0.2) is 4.68 Å². The summed E-state index contributed by atoms with van der Waals surface area (Å²) in [5.41, 5.74) is 0.886. The molecule has 2 heterocycles.